The molecule has 3 amide bonds. The Morgan fingerprint density at radius 2 is 1.79 bits per heavy atom. The van der Waals surface area contributed by atoms with E-state index in [0.717, 1.165) is 37.0 Å². The van der Waals surface area contributed by atoms with Gasteiger partial charge in [0, 0.05) is 30.8 Å². The van der Waals surface area contributed by atoms with E-state index < -0.39 is 5.97 Å². The van der Waals surface area contributed by atoms with Crippen LogP contribution in [0.1, 0.15) is 44.9 Å². The summed E-state index contributed by atoms with van der Waals surface area (Å²) < 4.78 is 1.23. The molecule has 1 heterocycles. The highest BCUT2D eigenvalue weighted by Crippen LogP contribution is 2.55. The minimum absolute atomic E-state index is 0.0436. The highest BCUT2D eigenvalue weighted by atomic mass is 16.4. The van der Waals surface area contributed by atoms with E-state index in [2.05, 4.69) is 21.0 Å². The fourth-order valence-corrected chi connectivity index (χ4v) is 5.70. The number of hydrogen-bond donors (Lipinski definition) is 4. The molecule has 0 atom stereocenters. The summed E-state index contributed by atoms with van der Waals surface area (Å²) in [6.07, 6.45) is 8.85. The number of carboxylic acids is 1. The number of amides is 3. The molecule has 0 unspecified atom stereocenters. The maximum atomic E-state index is 12.3. The van der Waals surface area contributed by atoms with Crippen LogP contribution in [0, 0.1) is 17.8 Å². The molecule has 9 heteroatoms. The summed E-state index contributed by atoms with van der Waals surface area (Å²) in [6, 6.07) is 1.34. The topological polar surface area (TPSA) is 125 Å². The van der Waals surface area contributed by atoms with E-state index >= 15 is 0 Å². The van der Waals surface area contributed by atoms with Gasteiger partial charge in [-0.15, -0.1) is 0 Å². The van der Waals surface area contributed by atoms with Crippen LogP contribution in [0.4, 0.5) is 10.6 Å². The Kier molecular flexibility index (Phi) is 4.99. The minimum atomic E-state index is -1.00. The van der Waals surface area contributed by atoms with Crippen LogP contribution in [-0.2, 0) is 16.1 Å². The van der Waals surface area contributed by atoms with Gasteiger partial charge in [0.25, 0.3) is 0 Å². The maximum Gasteiger partial charge on any atom is 0.325 e. The minimum Gasteiger partial charge on any atom is -0.480 e. The molecule has 4 fully saturated rings. The predicted octanol–water partition coefficient (Wildman–Crippen LogP) is 1.56. The standard InChI is InChI=1S/C19H27N5O4/c25-16(21-15-2-4-24(23-15)11-17(26)27)1-3-20-18(28)22-19-8-12-5-13(9-19)7-14(6-12)10-19/h2,4,12-14H,1,3,5-11H2,(H,26,27)(H2,20,22,28)(H,21,23,25). The fourth-order valence-electron chi connectivity index (χ4n) is 5.70. The van der Waals surface area contributed by atoms with Gasteiger partial charge in [-0.1, -0.05) is 0 Å². The van der Waals surface area contributed by atoms with Crippen molar-refractivity contribution in [2.24, 2.45) is 17.8 Å². The average Bonchev–Trinajstić information content (AvgIpc) is 2.98. The molecule has 4 aliphatic rings. The van der Waals surface area contributed by atoms with Gasteiger partial charge in [0.15, 0.2) is 5.82 Å². The third-order valence-corrected chi connectivity index (χ3v) is 6.26. The van der Waals surface area contributed by atoms with Crippen molar-refractivity contribution in [1.82, 2.24) is 20.4 Å². The lowest BCUT2D eigenvalue weighted by atomic mass is 9.53. The first-order chi connectivity index (χ1) is 13.4. The second-order valence-electron chi connectivity index (χ2n) is 8.67. The first-order valence-electron chi connectivity index (χ1n) is 10.0. The Labute approximate surface area is 163 Å². The highest BCUT2D eigenvalue weighted by molar-refractivity contribution is 5.90. The zero-order valence-electron chi connectivity index (χ0n) is 15.8. The van der Waals surface area contributed by atoms with Crippen LogP contribution in [0.5, 0.6) is 0 Å². The molecule has 4 saturated carbocycles. The molecule has 4 aliphatic carbocycles. The lowest BCUT2D eigenvalue weighted by Crippen LogP contribution is -2.61. The molecule has 4 N–H and O–H groups in total. The molecule has 0 radical (unpaired) electrons. The fraction of sp³-hybridized carbons (Fsp3) is 0.684. The van der Waals surface area contributed by atoms with E-state index in [4.69, 9.17) is 5.11 Å². The van der Waals surface area contributed by atoms with Crippen LogP contribution in [0.3, 0.4) is 0 Å². The third-order valence-electron chi connectivity index (χ3n) is 6.26. The largest absolute Gasteiger partial charge is 0.480 e. The molecule has 5 rings (SSSR count). The molecule has 1 aromatic rings. The first-order valence-corrected chi connectivity index (χ1v) is 10.0. The van der Waals surface area contributed by atoms with Gasteiger partial charge in [0.1, 0.15) is 6.54 Å². The van der Waals surface area contributed by atoms with Crippen molar-refractivity contribution in [2.75, 3.05) is 11.9 Å². The van der Waals surface area contributed by atoms with Crippen molar-refractivity contribution in [3.8, 4) is 0 Å². The van der Waals surface area contributed by atoms with E-state index in [1.54, 1.807) is 0 Å². The molecule has 152 valence electrons. The molecule has 0 aromatic carbocycles. The van der Waals surface area contributed by atoms with Gasteiger partial charge >= 0.3 is 12.0 Å². The summed E-state index contributed by atoms with van der Waals surface area (Å²) >= 11 is 0. The molecule has 9 nitrogen and oxygen atoms in total. The van der Waals surface area contributed by atoms with Crippen LogP contribution in [0.15, 0.2) is 12.3 Å². The van der Waals surface area contributed by atoms with Crippen molar-refractivity contribution < 1.29 is 19.5 Å². The van der Waals surface area contributed by atoms with Gasteiger partial charge in [0.2, 0.25) is 5.91 Å². The van der Waals surface area contributed by atoms with Gasteiger partial charge < -0.3 is 21.1 Å². The Balaban J connectivity index is 1.19. The van der Waals surface area contributed by atoms with Crippen LogP contribution >= 0.6 is 0 Å². The average molecular weight is 389 g/mol. The predicted molar refractivity (Wildman–Crippen MR) is 101 cm³/mol. The molecule has 1 aromatic heterocycles. The summed E-state index contributed by atoms with van der Waals surface area (Å²) in [5.41, 5.74) is -0.0436. The SMILES string of the molecule is O=C(O)Cn1ccc(NC(=O)CCNC(=O)NC23CC4CC(CC(C4)C2)C3)n1. The molecular formula is C19H27N5O4. The maximum absolute atomic E-state index is 12.3. The second-order valence-corrected chi connectivity index (χ2v) is 8.67. The summed E-state index contributed by atoms with van der Waals surface area (Å²) in [7, 11) is 0. The molecule has 28 heavy (non-hydrogen) atoms. The van der Waals surface area contributed by atoms with E-state index in [1.807, 2.05) is 0 Å². The normalized spacial score (nSPS) is 30.1. The second kappa shape index (κ2) is 7.44. The number of nitrogens with one attached hydrogen (secondary N) is 3. The van der Waals surface area contributed by atoms with Crippen LogP contribution < -0.4 is 16.0 Å². The molecule has 0 spiro atoms. The lowest BCUT2D eigenvalue weighted by Gasteiger charge is -2.56. The lowest BCUT2D eigenvalue weighted by molar-refractivity contribution is -0.137. The number of anilines is 1. The Morgan fingerprint density at radius 1 is 1.14 bits per heavy atom. The number of aliphatic carboxylic acids is 1. The molecular weight excluding hydrogens is 362 g/mol. The summed E-state index contributed by atoms with van der Waals surface area (Å²) in [5.74, 6) is 1.30. The van der Waals surface area contributed by atoms with Crippen molar-refractivity contribution in [1.29, 1.82) is 0 Å². The Morgan fingerprint density at radius 3 is 2.39 bits per heavy atom. The quantitative estimate of drug-likeness (QED) is 0.563. The zero-order chi connectivity index (χ0) is 19.7. The zero-order valence-corrected chi connectivity index (χ0v) is 15.8. The Bertz CT molecular complexity index is 739. The van der Waals surface area contributed by atoms with E-state index in [1.165, 1.54) is 36.2 Å². The smallest absolute Gasteiger partial charge is 0.325 e. The van der Waals surface area contributed by atoms with E-state index in [9.17, 15) is 14.4 Å². The van der Waals surface area contributed by atoms with Crippen molar-refractivity contribution >= 4 is 23.7 Å². The van der Waals surface area contributed by atoms with Crippen LogP contribution in [-0.4, -0.2) is 44.9 Å². The number of nitrogens with zero attached hydrogens (tertiary/aromatic N) is 2. The summed E-state index contributed by atoms with van der Waals surface area (Å²) in [4.78, 5) is 35.0. The molecule has 4 bridgehead atoms. The summed E-state index contributed by atoms with van der Waals surface area (Å²) in [5, 5.41) is 21.3. The number of carboxylic acid groups (broad SMARTS) is 1. The van der Waals surface area contributed by atoms with Gasteiger partial charge in [-0.05, 0) is 56.3 Å². The van der Waals surface area contributed by atoms with Crippen molar-refractivity contribution in [2.45, 2.75) is 57.0 Å². The molecule has 0 saturated heterocycles. The van der Waals surface area contributed by atoms with Crippen molar-refractivity contribution in [3.05, 3.63) is 12.3 Å². The first kappa shape index (κ1) is 18.8. The number of hydrogen-bond acceptors (Lipinski definition) is 4. The summed E-state index contributed by atoms with van der Waals surface area (Å²) in [6.45, 7) is -0.0260. The van der Waals surface area contributed by atoms with Crippen molar-refractivity contribution in [3.63, 3.8) is 0 Å². The van der Waals surface area contributed by atoms with Gasteiger partial charge in [-0.25, -0.2) is 4.79 Å². The Hall–Kier alpha value is -2.58. The van der Waals surface area contributed by atoms with E-state index in [-0.39, 0.29) is 37.0 Å². The van der Waals surface area contributed by atoms with Crippen LogP contribution in [0.25, 0.3) is 0 Å². The number of carbonyl (C=O) groups excluding carboxylic acids is 2. The highest BCUT2D eigenvalue weighted by Gasteiger charge is 2.51. The third kappa shape index (κ3) is 4.28. The number of aromatic nitrogens is 2. The number of urea groups is 1. The van der Waals surface area contributed by atoms with Gasteiger partial charge in [0.05, 0.1) is 0 Å². The van der Waals surface area contributed by atoms with E-state index in [0.29, 0.717) is 5.82 Å². The number of rotatable bonds is 7. The van der Waals surface area contributed by atoms with Crippen LogP contribution in [0.2, 0.25) is 0 Å². The van der Waals surface area contributed by atoms with Gasteiger partial charge in [-0.2, -0.15) is 5.10 Å². The number of carbonyl (C=O) groups is 3. The monoisotopic (exact) mass is 389 g/mol. The van der Waals surface area contributed by atoms with Gasteiger partial charge in [-0.3, -0.25) is 14.3 Å². The molecule has 0 aliphatic heterocycles.